The molecule has 6 nitrogen and oxygen atoms in total. The van der Waals surface area contributed by atoms with Gasteiger partial charge in [0.25, 0.3) is 5.91 Å². The Labute approximate surface area is 139 Å². The van der Waals surface area contributed by atoms with Crippen LogP contribution in [0.25, 0.3) is 0 Å². The van der Waals surface area contributed by atoms with Gasteiger partial charge in [0.2, 0.25) is 5.91 Å². The first-order valence-corrected chi connectivity index (χ1v) is 7.76. The molecule has 1 heterocycles. The molecule has 0 aliphatic carbocycles. The highest BCUT2D eigenvalue weighted by molar-refractivity contribution is 6.33. The minimum atomic E-state index is -1.10. The quantitative estimate of drug-likeness (QED) is 0.663. The Morgan fingerprint density at radius 2 is 1.96 bits per heavy atom. The third-order valence-corrected chi connectivity index (χ3v) is 3.91. The van der Waals surface area contributed by atoms with Crippen molar-refractivity contribution in [3.63, 3.8) is 0 Å². The molecule has 122 valence electrons. The maximum Gasteiger partial charge on any atom is 0.335 e. The maximum absolute atomic E-state index is 12.5. The summed E-state index contributed by atoms with van der Waals surface area (Å²) in [6, 6.07) is 5.46. The van der Waals surface area contributed by atoms with Crippen molar-refractivity contribution in [3.05, 3.63) is 29.3 Å². The van der Waals surface area contributed by atoms with Gasteiger partial charge in [0.05, 0.1) is 5.69 Å². The van der Waals surface area contributed by atoms with Gasteiger partial charge in [-0.3, -0.25) is 19.9 Å². The van der Waals surface area contributed by atoms with Gasteiger partial charge in [0.15, 0.2) is 5.92 Å². The van der Waals surface area contributed by atoms with E-state index in [1.54, 1.807) is 24.3 Å². The van der Waals surface area contributed by atoms with Gasteiger partial charge in [-0.2, -0.15) is 0 Å². The number of nitrogens with one attached hydrogen (secondary N) is 1. The van der Waals surface area contributed by atoms with Crippen molar-refractivity contribution in [2.45, 2.75) is 20.3 Å². The second-order valence-corrected chi connectivity index (χ2v) is 5.89. The first kappa shape index (κ1) is 17.1. The predicted molar refractivity (Wildman–Crippen MR) is 88.8 cm³/mol. The van der Waals surface area contributed by atoms with E-state index in [-0.39, 0.29) is 0 Å². The van der Waals surface area contributed by atoms with Gasteiger partial charge in [0, 0.05) is 17.8 Å². The van der Waals surface area contributed by atoms with Gasteiger partial charge in [0.1, 0.15) is 0 Å². The lowest BCUT2D eigenvalue weighted by Crippen LogP contribution is -2.58. The normalized spacial score (nSPS) is 20.0. The van der Waals surface area contributed by atoms with Crippen molar-refractivity contribution >= 4 is 41.3 Å². The number of urea groups is 1. The number of rotatable bonds is 5. The lowest BCUT2D eigenvalue weighted by atomic mass is 10.1. The number of anilines is 1. The molecule has 0 radical (unpaired) electrons. The molecular formula is C16H18ClN3O3. The fourth-order valence-corrected chi connectivity index (χ4v) is 2.16. The molecule has 2 atom stereocenters. The van der Waals surface area contributed by atoms with Crippen LogP contribution in [-0.4, -0.2) is 30.6 Å². The van der Waals surface area contributed by atoms with E-state index in [9.17, 15) is 14.4 Å². The molecule has 23 heavy (non-hydrogen) atoms. The maximum atomic E-state index is 12.5. The van der Waals surface area contributed by atoms with E-state index >= 15 is 0 Å². The summed E-state index contributed by atoms with van der Waals surface area (Å²) in [4.78, 5) is 41.5. The summed E-state index contributed by atoms with van der Waals surface area (Å²) in [5.74, 6) is -2.01. The molecule has 1 aliphatic heterocycles. The number of aliphatic imine (C=N–C) groups is 1. The van der Waals surface area contributed by atoms with Gasteiger partial charge in [-0.1, -0.05) is 31.9 Å². The third kappa shape index (κ3) is 3.96. The molecule has 7 heteroatoms. The molecule has 1 saturated heterocycles. The molecule has 1 N–H and O–H groups in total. The Balaban J connectivity index is 2.21. The van der Waals surface area contributed by atoms with Crippen molar-refractivity contribution in [1.29, 1.82) is 0 Å². The van der Waals surface area contributed by atoms with Crippen LogP contribution in [0.1, 0.15) is 20.3 Å². The largest absolute Gasteiger partial charge is 0.335 e. The van der Waals surface area contributed by atoms with Gasteiger partial charge >= 0.3 is 6.03 Å². The van der Waals surface area contributed by atoms with E-state index in [4.69, 9.17) is 11.6 Å². The van der Waals surface area contributed by atoms with Gasteiger partial charge in [-0.25, -0.2) is 9.69 Å². The predicted octanol–water partition coefficient (Wildman–Crippen LogP) is 2.66. The van der Waals surface area contributed by atoms with Crippen LogP contribution in [0.15, 0.2) is 29.3 Å². The Hall–Kier alpha value is -2.21. The number of carbonyl (C=O) groups is 3. The summed E-state index contributed by atoms with van der Waals surface area (Å²) in [5, 5.41) is 2.67. The van der Waals surface area contributed by atoms with Crippen molar-refractivity contribution in [1.82, 2.24) is 5.32 Å². The number of hydrogen-bond acceptors (Lipinski definition) is 4. The van der Waals surface area contributed by atoms with Crippen LogP contribution in [0.2, 0.25) is 5.02 Å². The van der Waals surface area contributed by atoms with Crippen LogP contribution in [0, 0.1) is 11.8 Å². The topological polar surface area (TPSA) is 78.8 Å². The first-order chi connectivity index (χ1) is 10.9. The Morgan fingerprint density at radius 1 is 1.30 bits per heavy atom. The minimum Gasteiger partial charge on any atom is -0.296 e. The number of benzene rings is 1. The molecule has 1 aromatic rings. The highest BCUT2D eigenvalue weighted by atomic mass is 35.5. The van der Waals surface area contributed by atoms with Gasteiger partial charge in [-0.05, 0) is 30.2 Å². The molecule has 0 aromatic heterocycles. The van der Waals surface area contributed by atoms with Crippen LogP contribution in [-0.2, 0) is 9.59 Å². The zero-order valence-electron chi connectivity index (χ0n) is 13.0. The van der Waals surface area contributed by atoms with E-state index in [1.807, 2.05) is 13.8 Å². The van der Waals surface area contributed by atoms with Gasteiger partial charge < -0.3 is 0 Å². The lowest BCUT2D eigenvalue weighted by molar-refractivity contribution is -0.131. The molecule has 1 aliphatic rings. The zero-order chi connectivity index (χ0) is 17.0. The minimum absolute atomic E-state index is 0.352. The highest BCUT2D eigenvalue weighted by Gasteiger charge is 2.40. The van der Waals surface area contributed by atoms with Crippen LogP contribution in [0.4, 0.5) is 10.5 Å². The second-order valence-electron chi connectivity index (χ2n) is 5.45. The van der Waals surface area contributed by atoms with Crippen molar-refractivity contribution in [3.8, 4) is 0 Å². The number of amides is 4. The molecule has 0 saturated carbocycles. The van der Waals surface area contributed by atoms with Crippen molar-refractivity contribution in [2.75, 3.05) is 11.4 Å². The number of hydrogen-bond donors (Lipinski definition) is 1. The van der Waals surface area contributed by atoms with E-state index in [1.165, 1.54) is 6.21 Å². The van der Waals surface area contributed by atoms with E-state index in [2.05, 4.69) is 10.3 Å². The fraction of sp³-hybridized carbons (Fsp3) is 0.375. The Kier molecular flexibility index (Phi) is 5.50. The molecule has 1 fully saturated rings. The second kappa shape index (κ2) is 7.37. The van der Waals surface area contributed by atoms with Crippen LogP contribution in [0.5, 0.6) is 0 Å². The Morgan fingerprint density at radius 3 is 2.57 bits per heavy atom. The van der Waals surface area contributed by atoms with Crippen molar-refractivity contribution < 1.29 is 14.4 Å². The molecule has 0 spiro atoms. The number of halogens is 1. The Bertz CT molecular complexity index is 642. The number of nitrogens with zero attached hydrogens (tertiary/aromatic N) is 2. The standard InChI is InChI=1S/C16H18ClN3O3/c1-3-10(2)8-18-9-13-14(21)19-16(23)20(15(13)22)12-6-4-11(17)5-7-12/h4-7,9-10,13H,3,8H2,1-2H3,(H,19,21,23)/t10-,13?/m0/s1. The summed E-state index contributed by atoms with van der Waals surface area (Å²) in [6.45, 7) is 4.60. The van der Waals surface area contributed by atoms with Crippen molar-refractivity contribution in [2.24, 2.45) is 16.8 Å². The van der Waals surface area contributed by atoms with Gasteiger partial charge in [-0.15, -0.1) is 0 Å². The molecule has 1 aromatic carbocycles. The molecule has 4 amide bonds. The third-order valence-electron chi connectivity index (χ3n) is 3.66. The fourth-order valence-electron chi connectivity index (χ4n) is 2.03. The van der Waals surface area contributed by atoms with E-state index in [0.717, 1.165) is 11.3 Å². The monoisotopic (exact) mass is 335 g/mol. The lowest BCUT2D eigenvalue weighted by Gasteiger charge is -2.28. The van der Waals surface area contributed by atoms with E-state index in [0.29, 0.717) is 23.2 Å². The summed E-state index contributed by atoms with van der Waals surface area (Å²) < 4.78 is 0. The highest BCUT2D eigenvalue weighted by Crippen LogP contribution is 2.22. The van der Waals surface area contributed by atoms with Crippen LogP contribution in [0.3, 0.4) is 0 Å². The summed E-state index contributed by atoms with van der Waals surface area (Å²) in [7, 11) is 0. The number of carbonyl (C=O) groups excluding carboxylic acids is 3. The van der Waals surface area contributed by atoms with E-state index < -0.39 is 23.8 Å². The average molecular weight is 336 g/mol. The smallest absolute Gasteiger partial charge is 0.296 e. The SMILES string of the molecule is CC[C@H](C)CN=CC1C(=O)NC(=O)N(c2ccc(Cl)cc2)C1=O. The average Bonchev–Trinajstić information content (AvgIpc) is 2.51. The summed E-state index contributed by atoms with van der Waals surface area (Å²) in [5.41, 5.74) is 0.352. The number of barbiturate groups is 1. The van der Waals surface area contributed by atoms with Crippen LogP contribution < -0.4 is 10.2 Å². The molecule has 0 bridgehead atoms. The molecule has 1 unspecified atom stereocenters. The summed E-state index contributed by atoms with van der Waals surface area (Å²) in [6.07, 6.45) is 2.27. The molecule has 2 rings (SSSR count). The summed E-state index contributed by atoms with van der Waals surface area (Å²) >= 11 is 5.81. The zero-order valence-corrected chi connectivity index (χ0v) is 13.7. The molecular weight excluding hydrogens is 318 g/mol. The number of imide groups is 2. The first-order valence-electron chi connectivity index (χ1n) is 7.38. The van der Waals surface area contributed by atoms with Crippen LogP contribution >= 0.6 is 11.6 Å².